The van der Waals surface area contributed by atoms with E-state index in [0.717, 1.165) is 5.06 Å². The Hall–Kier alpha value is -2.12. The van der Waals surface area contributed by atoms with Gasteiger partial charge < -0.3 is 0 Å². The van der Waals surface area contributed by atoms with Crippen LogP contribution in [-0.4, -0.2) is 23.0 Å². The lowest BCUT2D eigenvalue weighted by molar-refractivity contribution is -0.114. The topological polar surface area (TPSA) is 46.6 Å². The van der Waals surface area contributed by atoms with Crippen molar-refractivity contribution in [1.82, 2.24) is 5.06 Å². The Kier molecular flexibility index (Phi) is 2.94. The summed E-state index contributed by atoms with van der Waals surface area (Å²) < 4.78 is 0. The quantitative estimate of drug-likeness (QED) is 0.584. The van der Waals surface area contributed by atoms with Crippen molar-refractivity contribution in [2.24, 2.45) is 0 Å². The van der Waals surface area contributed by atoms with Crippen molar-refractivity contribution in [1.29, 1.82) is 0 Å². The molecule has 2 rings (SSSR count). The molecule has 17 heavy (non-hydrogen) atoms. The van der Waals surface area contributed by atoms with E-state index in [2.05, 4.69) is 5.92 Å². The molecule has 4 heteroatoms. The maximum absolute atomic E-state index is 11.9. The summed E-state index contributed by atoms with van der Waals surface area (Å²) in [5.74, 6) is 1.46. The van der Waals surface area contributed by atoms with Crippen LogP contribution in [0.1, 0.15) is 34.1 Å². The number of benzene rings is 1. The van der Waals surface area contributed by atoms with Gasteiger partial charge in [-0.05, 0) is 18.6 Å². The molecule has 2 amide bonds. The minimum atomic E-state index is -0.572. The SMILES string of the molecule is C#CC(CC)ON1C(=O)c2ccccc2C1=O. The fourth-order valence-corrected chi connectivity index (χ4v) is 1.61. The zero-order chi connectivity index (χ0) is 12.4. The molecule has 1 aromatic rings. The highest BCUT2D eigenvalue weighted by molar-refractivity contribution is 6.20. The van der Waals surface area contributed by atoms with E-state index in [4.69, 9.17) is 11.3 Å². The van der Waals surface area contributed by atoms with Crippen LogP contribution in [0.15, 0.2) is 24.3 Å². The summed E-state index contributed by atoms with van der Waals surface area (Å²) >= 11 is 0. The third-order valence-electron chi connectivity index (χ3n) is 2.55. The van der Waals surface area contributed by atoms with Gasteiger partial charge >= 0.3 is 0 Å². The normalized spacial score (nSPS) is 15.6. The van der Waals surface area contributed by atoms with E-state index < -0.39 is 17.9 Å². The van der Waals surface area contributed by atoms with Crippen molar-refractivity contribution in [2.75, 3.05) is 0 Å². The highest BCUT2D eigenvalue weighted by Gasteiger charge is 2.37. The molecule has 1 aromatic carbocycles. The average Bonchev–Trinajstić information content (AvgIpc) is 2.61. The number of hydroxylamine groups is 2. The standard InChI is InChI=1S/C13H11NO3/c1-3-9(4-2)17-14-12(15)10-7-5-6-8-11(10)13(14)16/h1,5-9H,4H2,2H3. The maximum Gasteiger partial charge on any atom is 0.285 e. The van der Waals surface area contributed by atoms with Crippen molar-refractivity contribution in [3.8, 4) is 12.3 Å². The van der Waals surface area contributed by atoms with Crippen molar-refractivity contribution >= 4 is 11.8 Å². The molecular weight excluding hydrogens is 218 g/mol. The maximum atomic E-state index is 11.9. The predicted octanol–water partition coefficient (Wildman–Crippen LogP) is 1.63. The third-order valence-corrected chi connectivity index (χ3v) is 2.55. The van der Waals surface area contributed by atoms with Crippen molar-refractivity contribution in [2.45, 2.75) is 19.4 Å². The van der Waals surface area contributed by atoms with Gasteiger partial charge in [-0.2, -0.15) is 0 Å². The Morgan fingerprint density at radius 3 is 2.24 bits per heavy atom. The Balaban J connectivity index is 2.28. The van der Waals surface area contributed by atoms with Gasteiger partial charge in [0.05, 0.1) is 11.1 Å². The summed E-state index contributed by atoms with van der Waals surface area (Å²) in [6, 6.07) is 6.59. The summed E-state index contributed by atoms with van der Waals surface area (Å²) in [5, 5.41) is 0.749. The first-order valence-electron chi connectivity index (χ1n) is 5.29. The molecule has 1 aliphatic rings. The van der Waals surface area contributed by atoms with Gasteiger partial charge in [-0.1, -0.05) is 25.0 Å². The van der Waals surface area contributed by atoms with Crippen LogP contribution < -0.4 is 0 Å². The fraction of sp³-hybridized carbons (Fsp3) is 0.231. The molecule has 0 saturated heterocycles. The highest BCUT2D eigenvalue weighted by atomic mass is 16.7. The molecule has 0 aliphatic carbocycles. The number of carbonyl (C=O) groups excluding carboxylic acids is 2. The van der Waals surface area contributed by atoms with Crippen LogP contribution in [0.2, 0.25) is 0 Å². The summed E-state index contributed by atoms with van der Waals surface area (Å²) in [4.78, 5) is 29.0. The summed E-state index contributed by atoms with van der Waals surface area (Å²) in [7, 11) is 0. The van der Waals surface area contributed by atoms with Gasteiger partial charge in [0.2, 0.25) is 0 Å². The summed E-state index contributed by atoms with van der Waals surface area (Å²) in [5.41, 5.74) is 0.703. The van der Waals surface area contributed by atoms with E-state index in [9.17, 15) is 9.59 Å². The Bertz CT molecular complexity index is 481. The van der Waals surface area contributed by atoms with Crippen LogP contribution >= 0.6 is 0 Å². The second-order valence-corrected chi connectivity index (χ2v) is 3.62. The zero-order valence-electron chi connectivity index (χ0n) is 9.34. The highest BCUT2D eigenvalue weighted by Crippen LogP contribution is 2.23. The molecular formula is C13H11NO3. The molecule has 0 N–H and O–H groups in total. The lowest BCUT2D eigenvalue weighted by atomic mass is 10.1. The number of hydrogen-bond acceptors (Lipinski definition) is 3. The zero-order valence-corrected chi connectivity index (χ0v) is 9.34. The van der Waals surface area contributed by atoms with Crippen LogP contribution in [0.4, 0.5) is 0 Å². The molecule has 0 fully saturated rings. The number of terminal acetylenes is 1. The van der Waals surface area contributed by atoms with E-state index in [1.54, 1.807) is 24.3 Å². The van der Waals surface area contributed by atoms with Gasteiger partial charge in [0.25, 0.3) is 11.8 Å². The number of nitrogens with zero attached hydrogens (tertiary/aromatic N) is 1. The number of fused-ring (bicyclic) bond motifs is 1. The smallest absolute Gasteiger partial charge is 0.266 e. The van der Waals surface area contributed by atoms with Gasteiger partial charge in [-0.3, -0.25) is 9.59 Å². The van der Waals surface area contributed by atoms with E-state index in [1.807, 2.05) is 6.92 Å². The first-order chi connectivity index (χ1) is 8.19. The molecule has 1 heterocycles. The molecule has 4 nitrogen and oxygen atoms in total. The van der Waals surface area contributed by atoms with E-state index in [0.29, 0.717) is 17.5 Å². The molecule has 1 atom stereocenters. The molecule has 0 saturated carbocycles. The van der Waals surface area contributed by atoms with Crippen LogP contribution in [0.5, 0.6) is 0 Å². The molecule has 0 spiro atoms. The van der Waals surface area contributed by atoms with Gasteiger partial charge in [0.15, 0.2) is 0 Å². The van der Waals surface area contributed by atoms with E-state index in [-0.39, 0.29) is 0 Å². The van der Waals surface area contributed by atoms with Crippen LogP contribution in [-0.2, 0) is 4.84 Å². The van der Waals surface area contributed by atoms with Gasteiger partial charge in [0.1, 0.15) is 6.10 Å². The van der Waals surface area contributed by atoms with Gasteiger partial charge in [0, 0.05) is 0 Å². The van der Waals surface area contributed by atoms with Gasteiger partial charge in [-0.15, -0.1) is 11.5 Å². The molecule has 1 unspecified atom stereocenters. The number of amides is 2. The first-order valence-corrected chi connectivity index (χ1v) is 5.29. The minimum Gasteiger partial charge on any atom is -0.266 e. The Morgan fingerprint density at radius 1 is 1.29 bits per heavy atom. The Morgan fingerprint density at radius 2 is 1.82 bits per heavy atom. The van der Waals surface area contributed by atoms with E-state index >= 15 is 0 Å². The molecule has 86 valence electrons. The van der Waals surface area contributed by atoms with Crippen molar-refractivity contribution in [3.63, 3.8) is 0 Å². The fourth-order valence-electron chi connectivity index (χ4n) is 1.61. The van der Waals surface area contributed by atoms with Crippen LogP contribution in [0, 0.1) is 12.3 Å². The average molecular weight is 229 g/mol. The number of imide groups is 1. The summed E-state index contributed by atoms with van der Waals surface area (Å²) in [6.07, 6.45) is 5.19. The van der Waals surface area contributed by atoms with Gasteiger partial charge in [-0.25, -0.2) is 4.84 Å². The van der Waals surface area contributed by atoms with Crippen molar-refractivity contribution < 1.29 is 14.4 Å². The largest absolute Gasteiger partial charge is 0.285 e. The number of hydrogen-bond donors (Lipinski definition) is 0. The first kappa shape index (κ1) is 11.4. The minimum absolute atomic E-state index is 0.351. The van der Waals surface area contributed by atoms with E-state index in [1.165, 1.54) is 0 Å². The van der Waals surface area contributed by atoms with Crippen LogP contribution in [0.3, 0.4) is 0 Å². The lowest BCUT2D eigenvalue weighted by Crippen LogP contribution is -2.33. The molecule has 0 bridgehead atoms. The second kappa shape index (κ2) is 4.40. The predicted molar refractivity (Wildman–Crippen MR) is 60.9 cm³/mol. The number of rotatable bonds is 3. The lowest BCUT2D eigenvalue weighted by Gasteiger charge is -2.17. The summed E-state index contributed by atoms with van der Waals surface area (Å²) in [6.45, 7) is 1.82. The van der Waals surface area contributed by atoms with Crippen LogP contribution in [0.25, 0.3) is 0 Å². The second-order valence-electron chi connectivity index (χ2n) is 3.62. The van der Waals surface area contributed by atoms with Crippen molar-refractivity contribution in [3.05, 3.63) is 35.4 Å². The monoisotopic (exact) mass is 229 g/mol. The molecule has 1 aliphatic heterocycles. The number of carbonyl (C=O) groups is 2. The third kappa shape index (κ3) is 1.81. The molecule has 0 aromatic heterocycles. The Labute approximate surface area is 99.1 Å². The molecule has 0 radical (unpaired) electrons.